The number of hydrogen-bond acceptors (Lipinski definition) is 2. The third-order valence-electron chi connectivity index (χ3n) is 2.40. The first-order valence-electron chi connectivity index (χ1n) is 4.27. The smallest absolute Gasteiger partial charge is 0.249 e. The highest BCUT2D eigenvalue weighted by Crippen LogP contribution is 2.06. The van der Waals surface area contributed by atoms with Crippen molar-refractivity contribution in [2.24, 2.45) is 0 Å². The summed E-state index contributed by atoms with van der Waals surface area (Å²) in [6, 6.07) is 0.396. The third kappa shape index (κ3) is 2.71. The summed E-state index contributed by atoms with van der Waals surface area (Å²) in [6.07, 6.45) is 1.85. The molecule has 0 aliphatic carbocycles. The second-order valence-corrected chi connectivity index (χ2v) is 3.20. The minimum absolute atomic E-state index is 0. The second kappa shape index (κ2) is 5.25. The quantitative estimate of drug-likeness (QED) is 0.676. The first-order valence-corrected chi connectivity index (χ1v) is 4.27. The molecule has 0 unspecified atom stereocenters. The van der Waals surface area contributed by atoms with Gasteiger partial charge >= 0.3 is 0 Å². The van der Waals surface area contributed by atoms with Gasteiger partial charge in [0.05, 0.1) is 6.04 Å². The summed E-state index contributed by atoms with van der Waals surface area (Å²) in [5.41, 5.74) is 0.824. The molecule has 0 saturated carbocycles. The molecular weight excluding hydrogens is 188 g/mol. The van der Waals surface area contributed by atoms with Crippen molar-refractivity contribution < 1.29 is 4.79 Å². The van der Waals surface area contributed by atoms with Gasteiger partial charge in [0.25, 0.3) is 0 Å². The van der Waals surface area contributed by atoms with E-state index in [0.29, 0.717) is 6.04 Å². The topological polar surface area (TPSA) is 32.3 Å². The van der Waals surface area contributed by atoms with E-state index in [1.807, 2.05) is 31.9 Å². The van der Waals surface area contributed by atoms with Crippen LogP contribution in [-0.2, 0) is 4.79 Å². The number of hydrogen-bond donors (Lipinski definition) is 1. The van der Waals surface area contributed by atoms with Crippen LogP contribution in [0.15, 0.2) is 11.6 Å². The maximum absolute atomic E-state index is 11.5. The lowest BCUT2D eigenvalue weighted by molar-refractivity contribution is -0.128. The summed E-state index contributed by atoms with van der Waals surface area (Å²) in [4.78, 5) is 13.3. The fraction of sp³-hybridized carbons (Fsp3) is 0.667. The zero-order chi connectivity index (χ0) is 9.14. The average molecular weight is 205 g/mol. The van der Waals surface area contributed by atoms with Gasteiger partial charge in [-0.05, 0) is 13.8 Å². The molecule has 1 aliphatic heterocycles. The van der Waals surface area contributed by atoms with Gasteiger partial charge in [-0.2, -0.15) is 0 Å². The Bertz CT molecular complexity index is 212. The summed E-state index contributed by atoms with van der Waals surface area (Å²) in [6.45, 7) is 5.60. The Morgan fingerprint density at radius 2 is 2.08 bits per heavy atom. The van der Waals surface area contributed by atoms with Gasteiger partial charge in [-0.15, -0.1) is 12.4 Å². The Morgan fingerprint density at radius 3 is 2.38 bits per heavy atom. The number of rotatable bonds is 2. The predicted molar refractivity (Wildman–Crippen MR) is 56.1 cm³/mol. The zero-order valence-electron chi connectivity index (χ0n) is 8.33. The fourth-order valence-corrected chi connectivity index (χ4v) is 1.11. The van der Waals surface area contributed by atoms with Gasteiger partial charge in [-0.3, -0.25) is 4.79 Å². The lowest BCUT2D eigenvalue weighted by Crippen LogP contribution is -2.57. The molecule has 3 nitrogen and oxygen atoms in total. The molecule has 0 atom stereocenters. The monoisotopic (exact) mass is 204 g/mol. The van der Waals surface area contributed by atoms with Crippen molar-refractivity contribution in [3.63, 3.8) is 0 Å². The molecule has 0 spiro atoms. The van der Waals surface area contributed by atoms with E-state index in [4.69, 9.17) is 0 Å². The van der Waals surface area contributed by atoms with Crippen LogP contribution in [0.1, 0.15) is 13.8 Å². The van der Waals surface area contributed by atoms with E-state index in [1.165, 1.54) is 0 Å². The Morgan fingerprint density at radius 1 is 1.54 bits per heavy atom. The van der Waals surface area contributed by atoms with E-state index >= 15 is 0 Å². The molecular formula is C9H17ClN2O. The number of halogens is 1. The second-order valence-electron chi connectivity index (χ2n) is 3.20. The normalized spacial score (nSPS) is 17.3. The van der Waals surface area contributed by atoms with Crippen LogP contribution >= 0.6 is 12.4 Å². The van der Waals surface area contributed by atoms with Gasteiger partial charge < -0.3 is 10.2 Å². The van der Waals surface area contributed by atoms with Crippen LogP contribution in [-0.4, -0.2) is 37.0 Å². The molecule has 0 aromatic carbocycles. The van der Waals surface area contributed by atoms with Gasteiger partial charge in [-0.1, -0.05) is 6.08 Å². The Kier molecular flexibility index (Phi) is 5.03. The van der Waals surface area contributed by atoms with Crippen LogP contribution in [0.2, 0.25) is 0 Å². The predicted octanol–water partition coefficient (Wildman–Crippen LogP) is 0.805. The van der Waals surface area contributed by atoms with Crippen molar-refractivity contribution in [1.29, 1.82) is 0 Å². The number of nitrogens with zero attached hydrogens (tertiary/aromatic N) is 1. The molecule has 13 heavy (non-hydrogen) atoms. The van der Waals surface area contributed by atoms with E-state index in [-0.39, 0.29) is 18.3 Å². The molecule has 1 saturated heterocycles. The molecule has 1 amide bonds. The molecule has 76 valence electrons. The Hall–Kier alpha value is -0.540. The Balaban J connectivity index is 0.00000144. The van der Waals surface area contributed by atoms with Gasteiger partial charge in [0, 0.05) is 25.7 Å². The van der Waals surface area contributed by atoms with Crippen LogP contribution in [0, 0.1) is 0 Å². The number of carbonyl (C=O) groups is 1. The highest BCUT2D eigenvalue weighted by molar-refractivity contribution is 5.92. The van der Waals surface area contributed by atoms with Crippen LogP contribution in [0.3, 0.4) is 0 Å². The van der Waals surface area contributed by atoms with Crippen LogP contribution in [0.25, 0.3) is 0 Å². The minimum atomic E-state index is 0. The molecule has 0 radical (unpaired) electrons. The summed E-state index contributed by atoms with van der Waals surface area (Å²) in [5, 5.41) is 3.14. The van der Waals surface area contributed by atoms with Crippen molar-refractivity contribution in [3.05, 3.63) is 11.6 Å². The first kappa shape index (κ1) is 12.5. The molecule has 1 N–H and O–H groups in total. The lowest BCUT2D eigenvalue weighted by atomic mass is 10.1. The molecule has 0 bridgehead atoms. The van der Waals surface area contributed by atoms with Crippen molar-refractivity contribution >= 4 is 18.3 Å². The Labute approximate surface area is 85.6 Å². The van der Waals surface area contributed by atoms with Gasteiger partial charge in [0.2, 0.25) is 5.91 Å². The highest BCUT2D eigenvalue weighted by atomic mass is 35.5. The van der Waals surface area contributed by atoms with Crippen molar-refractivity contribution in [1.82, 2.24) is 10.2 Å². The first-order chi connectivity index (χ1) is 5.66. The molecule has 0 aromatic heterocycles. The average Bonchev–Trinajstić information content (AvgIpc) is 1.98. The van der Waals surface area contributed by atoms with Crippen molar-refractivity contribution in [2.75, 3.05) is 20.1 Å². The van der Waals surface area contributed by atoms with Crippen LogP contribution < -0.4 is 5.32 Å². The number of nitrogens with one attached hydrogen (secondary N) is 1. The maximum Gasteiger partial charge on any atom is 0.249 e. The van der Waals surface area contributed by atoms with Crippen molar-refractivity contribution in [3.8, 4) is 0 Å². The lowest BCUT2D eigenvalue weighted by Gasteiger charge is -2.35. The number of allylic oxidation sites excluding steroid dienone is 1. The van der Waals surface area contributed by atoms with E-state index in [2.05, 4.69) is 5.32 Å². The van der Waals surface area contributed by atoms with E-state index in [0.717, 1.165) is 18.7 Å². The van der Waals surface area contributed by atoms with E-state index in [9.17, 15) is 4.79 Å². The van der Waals surface area contributed by atoms with Crippen LogP contribution in [0.4, 0.5) is 0 Å². The summed E-state index contributed by atoms with van der Waals surface area (Å²) in [5.74, 6) is 0.143. The molecule has 4 heteroatoms. The maximum atomic E-state index is 11.5. The molecule has 0 aromatic rings. The third-order valence-corrected chi connectivity index (χ3v) is 2.40. The summed E-state index contributed by atoms with van der Waals surface area (Å²) < 4.78 is 0. The van der Waals surface area contributed by atoms with Crippen molar-refractivity contribution in [2.45, 2.75) is 19.9 Å². The number of likely N-dealkylation sites (N-methyl/N-ethyl adjacent to an activating group) is 1. The van der Waals surface area contributed by atoms with E-state index < -0.39 is 0 Å². The fourth-order valence-electron chi connectivity index (χ4n) is 1.11. The highest BCUT2D eigenvalue weighted by Gasteiger charge is 2.25. The molecule has 1 aliphatic rings. The number of amides is 1. The molecule has 1 heterocycles. The zero-order valence-corrected chi connectivity index (χ0v) is 9.15. The standard InChI is InChI=1S/C9H16N2O.ClH/c1-4-7(2)9(12)11(3)8-5-10-6-8;/h4,8,10H,5-6H2,1-3H3;1H/b7-4-;. The van der Waals surface area contributed by atoms with Gasteiger partial charge in [0.1, 0.15) is 0 Å². The largest absolute Gasteiger partial charge is 0.336 e. The van der Waals surface area contributed by atoms with Gasteiger partial charge in [-0.25, -0.2) is 0 Å². The van der Waals surface area contributed by atoms with E-state index in [1.54, 1.807) is 0 Å². The summed E-state index contributed by atoms with van der Waals surface area (Å²) >= 11 is 0. The summed E-state index contributed by atoms with van der Waals surface area (Å²) in [7, 11) is 1.86. The molecule has 1 fully saturated rings. The van der Waals surface area contributed by atoms with Crippen LogP contribution in [0.5, 0.6) is 0 Å². The van der Waals surface area contributed by atoms with Gasteiger partial charge in [0.15, 0.2) is 0 Å². The minimum Gasteiger partial charge on any atom is -0.336 e. The number of carbonyl (C=O) groups excluding carboxylic acids is 1. The SMILES string of the molecule is C/C=C(/C)C(=O)N(C)C1CNC1.Cl. The molecule has 1 rings (SSSR count).